The molecule has 0 radical (unpaired) electrons. The van der Waals surface area contributed by atoms with Gasteiger partial charge in [-0.2, -0.15) is 0 Å². The third kappa shape index (κ3) is 4.21. The van der Waals surface area contributed by atoms with Gasteiger partial charge < -0.3 is 10.6 Å². The minimum atomic E-state index is 0.404. The number of hydrogen-bond donors (Lipinski definition) is 2. The molecule has 2 heterocycles. The molecule has 1 unspecified atom stereocenters. The van der Waals surface area contributed by atoms with Gasteiger partial charge in [-0.3, -0.25) is 4.98 Å². The second-order valence-electron chi connectivity index (χ2n) is 4.46. The third-order valence-corrected chi connectivity index (χ3v) is 2.87. The van der Waals surface area contributed by atoms with Crippen molar-refractivity contribution in [3.05, 3.63) is 42.5 Å². The fourth-order valence-electron chi connectivity index (χ4n) is 1.58. The number of nitrogens with zero attached hydrogens (tertiary/aromatic N) is 3. The molecule has 2 N–H and O–H groups in total. The highest BCUT2D eigenvalue weighted by Gasteiger charge is 2.02. The first-order valence-corrected chi connectivity index (χ1v) is 6.49. The van der Waals surface area contributed by atoms with Crippen LogP contribution in [0.15, 0.2) is 36.9 Å². The molecule has 2 aromatic heterocycles. The average molecular weight is 257 g/mol. The highest BCUT2D eigenvalue weighted by Crippen LogP contribution is 2.11. The molecule has 0 saturated carbocycles. The predicted molar refractivity (Wildman–Crippen MR) is 77.0 cm³/mol. The van der Waals surface area contributed by atoms with Gasteiger partial charge in [-0.25, -0.2) is 9.97 Å². The van der Waals surface area contributed by atoms with Crippen LogP contribution in [0.25, 0.3) is 0 Å². The fraction of sp³-hybridized carbons (Fsp3) is 0.357. The minimum absolute atomic E-state index is 0.404. The third-order valence-electron chi connectivity index (χ3n) is 2.87. The Hall–Kier alpha value is -2.17. The monoisotopic (exact) mass is 257 g/mol. The van der Waals surface area contributed by atoms with Crippen LogP contribution in [0.2, 0.25) is 0 Å². The van der Waals surface area contributed by atoms with Crippen LogP contribution in [0.4, 0.5) is 11.6 Å². The molecule has 19 heavy (non-hydrogen) atoms. The summed E-state index contributed by atoms with van der Waals surface area (Å²) in [6.07, 6.45) is 6.23. The van der Waals surface area contributed by atoms with E-state index in [-0.39, 0.29) is 0 Å². The molecule has 0 fully saturated rings. The minimum Gasteiger partial charge on any atom is -0.367 e. The summed E-state index contributed by atoms with van der Waals surface area (Å²) in [5.41, 5.74) is 1.12. The Morgan fingerprint density at radius 3 is 2.84 bits per heavy atom. The molecule has 1 atom stereocenters. The van der Waals surface area contributed by atoms with Crippen LogP contribution in [-0.4, -0.2) is 21.0 Å². The molecule has 0 bridgehead atoms. The number of anilines is 2. The summed E-state index contributed by atoms with van der Waals surface area (Å²) in [4.78, 5) is 12.5. The van der Waals surface area contributed by atoms with Crippen molar-refractivity contribution in [2.24, 2.45) is 0 Å². The largest absolute Gasteiger partial charge is 0.367 e. The van der Waals surface area contributed by atoms with Crippen LogP contribution in [-0.2, 0) is 6.54 Å². The van der Waals surface area contributed by atoms with E-state index in [1.807, 2.05) is 24.4 Å². The fourth-order valence-corrected chi connectivity index (χ4v) is 1.58. The Bertz CT molecular complexity index is 500. The molecule has 0 aliphatic carbocycles. The lowest BCUT2D eigenvalue weighted by molar-refractivity contribution is 0.758. The molecule has 0 aliphatic rings. The van der Waals surface area contributed by atoms with Crippen LogP contribution < -0.4 is 10.6 Å². The van der Waals surface area contributed by atoms with E-state index in [2.05, 4.69) is 39.4 Å². The SMILES string of the molecule is CCC(C)Nc1cc(NCc2cccnc2)ncn1. The van der Waals surface area contributed by atoms with Crippen LogP contribution in [0.5, 0.6) is 0 Å². The van der Waals surface area contributed by atoms with Crippen molar-refractivity contribution in [3.63, 3.8) is 0 Å². The standard InChI is InChI=1S/C14H19N5/c1-3-11(2)19-14-7-13(17-10-18-14)16-9-12-5-4-6-15-8-12/h4-8,10-11H,3,9H2,1-2H3,(H2,16,17,18,19). The summed E-state index contributed by atoms with van der Waals surface area (Å²) in [7, 11) is 0. The van der Waals surface area contributed by atoms with E-state index in [1.165, 1.54) is 0 Å². The van der Waals surface area contributed by atoms with Gasteiger partial charge in [0.2, 0.25) is 0 Å². The van der Waals surface area contributed by atoms with Gasteiger partial charge in [-0.15, -0.1) is 0 Å². The molecular weight excluding hydrogens is 238 g/mol. The van der Waals surface area contributed by atoms with Crippen LogP contribution in [0, 0.1) is 0 Å². The summed E-state index contributed by atoms with van der Waals surface area (Å²) in [5.74, 6) is 1.66. The van der Waals surface area contributed by atoms with Gasteiger partial charge >= 0.3 is 0 Å². The Morgan fingerprint density at radius 2 is 2.11 bits per heavy atom. The van der Waals surface area contributed by atoms with Crippen molar-refractivity contribution < 1.29 is 0 Å². The van der Waals surface area contributed by atoms with E-state index in [0.717, 1.165) is 23.6 Å². The van der Waals surface area contributed by atoms with Crippen molar-refractivity contribution >= 4 is 11.6 Å². The molecule has 0 aromatic carbocycles. The van der Waals surface area contributed by atoms with Gasteiger partial charge in [-0.05, 0) is 25.0 Å². The van der Waals surface area contributed by atoms with Gasteiger partial charge in [0.15, 0.2) is 0 Å². The second-order valence-corrected chi connectivity index (χ2v) is 4.46. The van der Waals surface area contributed by atoms with Crippen LogP contribution in [0.3, 0.4) is 0 Å². The van der Waals surface area contributed by atoms with E-state index in [1.54, 1.807) is 12.5 Å². The van der Waals surface area contributed by atoms with E-state index in [9.17, 15) is 0 Å². The maximum atomic E-state index is 4.21. The zero-order valence-electron chi connectivity index (χ0n) is 11.3. The Balaban J connectivity index is 1.95. The number of pyridine rings is 1. The highest BCUT2D eigenvalue weighted by atomic mass is 15.1. The first-order valence-electron chi connectivity index (χ1n) is 6.49. The highest BCUT2D eigenvalue weighted by molar-refractivity contribution is 5.47. The predicted octanol–water partition coefficient (Wildman–Crippen LogP) is 2.69. The average Bonchev–Trinajstić information content (AvgIpc) is 2.46. The van der Waals surface area contributed by atoms with Crippen molar-refractivity contribution in [1.82, 2.24) is 15.0 Å². The summed E-state index contributed by atoms with van der Waals surface area (Å²) in [6, 6.07) is 6.27. The van der Waals surface area contributed by atoms with E-state index >= 15 is 0 Å². The number of aromatic nitrogens is 3. The van der Waals surface area contributed by atoms with E-state index in [0.29, 0.717) is 12.6 Å². The Morgan fingerprint density at radius 1 is 1.26 bits per heavy atom. The van der Waals surface area contributed by atoms with Crippen LogP contribution >= 0.6 is 0 Å². The van der Waals surface area contributed by atoms with Gasteiger partial charge in [0, 0.05) is 31.0 Å². The summed E-state index contributed by atoms with van der Waals surface area (Å²) >= 11 is 0. The van der Waals surface area contributed by atoms with E-state index in [4.69, 9.17) is 0 Å². The van der Waals surface area contributed by atoms with Gasteiger partial charge in [-0.1, -0.05) is 13.0 Å². The van der Waals surface area contributed by atoms with Gasteiger partial charge in [0.25, 0.3) is 0 Å². The molecule has 2 rings (SSSR count). The molecule has 0 aliphatic heterocycles. The van der Waals surface area contributed by atoms with Crippen molar-refractivity contribution in [2.75, 3.05) is 10.6 Å². The van der Waals surface area contributed by atoms with Crippen molar-refractivity contribution in [2.45, 2.75) is 32.9 Å². The van der Waals surface area contributed by atoms with Crippen LogP contribution in [0.1, 0.15) is 25.8 Å². The zero-order chi connectivity index (χ0) is 13.5. The van der Waals surface area contributed by atoms with Crippen molar-refractivity contribution in [3.8, 4) is 0 Å². The summed E-state index contributed by atoms with van der Waals surface area (Å²) in [5, 5.41) is 6.59. The molecule has 0 amide bonds. The molecule has 5 nitrogen and oxygen atoms in total. The normalized spacial score (nSPS) is 11.9. The topological polar surface area (TPSA) is 62.7 Å². The molecule has 0 saturated heterocycles. The lowest BCUT2D eigenvalue weighted by atomic mass is 10.2. The summed E-state index contributed by atoms with van der Waals surface area (Å²) < 4.78 is 0. The van der Waals surface area contributed by atoms with Gasteiger partial charge in [0.05, 0.1) is 0 Å². The number of hydrogen-bond acceptors (Lipinski definition) is 5. The smallest absolute Gasteiger partial charge is 0.131 e. The first-order chi connectivity index (χ1) is 9.28. The maximum Gasteiger partial charge on any atom is 0.131 e. The number of rotatable bonds is 6. The molecular formula is C14H19N5. The van der Waals surface area contributed by atoms with E-state index < -0.39 is 0 Å². The number of nitrogens with one attached hydrogen (secondary N) is 2. The molecule has 5 heteroatoms. The van der Waals surface area contributed by atoms with Crippen molar-refractivity contribution in [1.29, 1.82) is 0 Å². The maximum absolute atomic E-state index is 4.21. The van der Waals surface area contributed by atoms with Gasteiger partial charge in [0.1, 0.15) is 18.0 Å². The molecule has 100 valence electrons. The quantitative estimate of drug-likeness (QED) is 0.833. The second kappa shape index (κ2) is 6.68. The molecule has 0 spiro atoms. The zero-order valence-corrected chi connectivity index (χ0v) is 11.3. The molecule has 2 aromatic rings. The first kappa shape index (κ1) is 13.3. The Labute approximate surface area is 113 Å². The Kier molecular flexibility index (Phi) is 4.66. The lowest BCUT2D eigenvalue weighted by Crippen LogP contribution is -2.14. The summed E-state index contributed by atoms with van der Waals surface area (Å²) in [6.45, 7) is 4.97. The lowest BCUT2D eigenvalue weighted by Gasteiger charge is -2.12.